The van der Waals surface area contributed by atoms with Gasteiger partial charge >= 0.3 is 5.97 Å². The predicted molar refractivity (Wildman–Crippen MR) is 116 cm³/mol. The van der Waals surface area contributed by atoms with E-state index in [1.807, 2.05) is 0 Å². The second-order valence-corrected chi connectivity index (χ2v) is 9.18. The Kier molecular flexibility index (Phi) is 8.30. The van der Waals surface area contributed by atoms with Crippen molar-refractivity contribution in [1.29, 1.82) is 0 Å². The van der Waals surface area contributed by atoms with E-state index >= 15 is 0 Å². The Morgan fingerprint density at radius 1 is 1.18 bits per heavy atom. The first-order valence-electron chi connectivity index (χ1n) is 10.8. The highest BCUT2D eigenvalue weighted by atomic mass is 16.6. The average molecular weight is 387 g/mol. The summed E-state index contributed by atoms with van der Waals surface area (Å²) in [5, 5.41) is 9.58. The van der Waals surface area contributed by atoms with Gasteiger partial charge in [-0.3, -0.25) is 0 Å². The molecule has 0 radical (unpaired) electrons. The topological polar surface area (TPSA) is 46.5 Å². The molecule has 0 aromatic carbocycles. The highest BCUT2D eigenvalue weighted by Crippen LogP contribution is 2.42. The number of allylic oxidation sites excluding steroid dienone is 6. The van der Waals surface area contributed by atoms with E-state index < -0.39 is 12.3 Å². The number of aliphatic hydroxyl groups excluding tert-OH is 1. The molecule has 3 nitrogen and oxygen atoms in total. The first-order valence-corrected chi connectivity index (χ1v) is 10.8. The molecule has 2 aliphatic rings. The minimum absolute atomic E-state index is 0.375. The Morgan fingerprint density at radius 3 is 2.50 bits per heavy atom. The van der Waals surface area contributed by atoms with Crippen molar-refractivity contribution in [3.05, 3.63) is 46.1 Å². The van der Waals surface area contributed by atoms with Gasteiger partial charge in [0.2, 0.25) is 6.29 Å². The molecule has 0 saturated heterocycles. The third-order valence-electron chi connectivity index (χ3n) is 6.26. The van der Waals surface area contributed by atoms with Crippen LogP contribution in [0, 0.1) is 5.41 Å². The van der Waals surface area contributed by atoms with Crippen molar-refractivity contribution in [2.75, 3.05) is 0 Å². The molecule has 0 saturated carbocycles. The van der Waals surface area contributed by atoms with Crippen molar-refractivity contribution >= 4 is 5.97 Å². The molecule has 0 aromatic rings. The molecular weight excluding hydrogens is 348 g/mol. The second-order valence-electron chi connectivity index (χ2n) is 9.18. The van der Waals surface area contributed by atoms with Gasteiger partial charge in [-0.2, -0.15) is 0 Å². The largest absolute Gasteiger partial charge is 0.429 e. The zero-order valence-corrected chi connectivity index (χ0v) is 18.4. The smallest absolute Gasteiger partial charge is 0.333 e. The van der Waals surface area contributed by atoms with E-state index in [2.05, 4.69) is 46.8 Å². The molecule has 1 aliphatic carbocycles. The lowest BCUT2D eigenvalue weighted by Gasteiger charge is -2.35. The number of carbonyl (C=O) groups is 1. The predicted octanol–water partition coefficient (Wildman–Crippen LogP) is 6.55. The summed E-state index contributed by atoms with van der Waals surface area (Å²) >= 11 is 0. The van der Waals surface area contributed by atoms with E-state index in [0.717, 1.165) is 19.3 Å². The first kappa shape index (κ1) is 22.7. The van der Waals surface area contributed by atoms with Crippen LogP contribution in [0.5, 0.6) is 0 Å². The molecule has 1 atom stereocenters. The van der Waals surface area contributed by atoms with Gasteiger partial charge in [-0.15, -0.1) is 0 Å². The molecular formula is C25H38O3. The zero-order chi connectivity index (χ0) is 20.7. The lowest BCUT2D eigenvalue weighted by Crippen LogP contribution is -2.20. The number of esters is 1. The van der Waals surface area contributed by atoms with E-state index in [-0.39, 0.29) is 0 Å². The minimum Gasteiger partial charge on any atom is -0.429 e. The maximum Gasteiger partial charge on any atom is 0.333 e. The maximum absolute atomic E-state index is 11.1. The van der Waals surface area contributed by atoms with Crippen LogP contribution < -0.4 is 0 Å². The molecule has 0 spiro atoms. The Morgan fingerprint density at radius 2 is 1.86 bits per heavy atom. The minimum atomic E-state index is -1.04. The van der Waals surface area contributed by atoms with Gasteiger partial charge in [-0.25, -0.2) is 4.79 Å². The number of cyclic esters (lactones) is 1. The highest BCUT2D eigenvalue weighted by Gasteiger charge is 2.27. The van der Waals surface area contributed by atoms with Crippen molar-refractivity contribution in [2.24, 2.45) is 5.41 Å². The van der Waals surface area contributed by atoms with Crippen LogP contribution in [0.15, 0.2) is 46.1 Å². The molecule has 3 heteroatoms. The van der Waals surface area contributed by atoms with Gasteiger partial charge < -0.3 is 9.84 Å². The van der Waals surface area contributed by atoms with Crippen LogP contribution in [0.2, 0.25) is 0 Å². The summed E-state index contributed by atoms with van der Waals surface area (Å²) in [6.45, 7) is 11.5. The standard InChI is InChI=1S/C25H38O3/c1-18(11-7-13-21-17-23(26)28-24(21)27)9-6-10-19(2)14-15-22-20(3)12-8-16-25(22,4)5/h10-11,17,24,27H,6-9,12-16H2,1-5H3/b18-11+,19-10+/t24-/m1/s1. The number of hydrogen-bond donors (Lipinski definition) is 1. The summed E-state index contributed by atoms with van der Waals surface area (Å²) in [5.41, 5.74) is 7.21. The van der Waals surface area contributed by atoms with Gasteiger partial charge in [0.1, 0.15) is 0 Å². The third-order valence-corrected chi connectivity index (χ3v) is 6.26. The Balaban J connectivity index is 1.72. The van der Waals surface area contributed by atoms with Crippen LogP contribution in [0.4, 0.5) is 0 Å². The first-order chi connectivity index (χ1) is 13.2. The molecule has 1 aliphatic heterocycles. The van der Waals surface area contributed by atoms with Gasteiger partial charge in [0, 0.05) is 11.6 Å². The molecule has 1 N–H and O–H groups in total. The highest BCUT2D eigenvalue weighted by molar-refractivity contribution is 5.85. The Bertz CT molecular complexity index is 689. The van der Waals surface area contributed by atoms with Crippen LogP contribution in [0.25, 0.3) is 0 Å². The molecule has 156 valence electrons. The third kappa shape index (κ3) is 6.77. The van der Waals surface area contributed by atoms with Gasteiger partial charge in [-0.1, -0.05) is 48.3 Å². The van der Waals surface area contributed by atoms with E-state index in [0.29, 0.717) is 17.4 Å². The van der Waals surface area contributed by atoms with E-state index in [9.17, 15) is 9.90 Å². The molecule has 1 heterocycles. The number of ether oxygens (including phenoxy) is 1. The summed E-state index contributed by atoms with van der Waals surface area (Å²) in [7, 11) is 0. The molecule has 28 heavy (non-hydrogen) atoms. The SMILES string of the molecule is CC1=C(CC/C(C)=C/CC/C(C)=C/CCC2=CC(=O)O[C@H]2O)C(C)(C)CCC1. The summed E-state index contributed by atoms with van der Waals surface area (Å²) in [4.78, 5) is 11.1. The average Bonchev–Trinajstić information content (AvgIpc) is 2.91. The maximum atomic E-state index is 11.1. The quantitative estimate of drug-likeness (QED) is 0.361. The molecule has 0 fully saturated rings. The Hall–Kier alpha value is -1.61. The number of hydrogen-bond acceptors (Lipinski definition) is 3. The summed E-state index contributed by atoms with van der Waals surface area (Å²) in [6.07, 6.45) is 14.9. The van der Waals surface area contributed by atoms with E-state index in [4.69, 9.17) is 4.74 Å². The van der Waals surface area contributed by atoms with Gasteiger partial charge in [0.15, 0.2) is 0 Å². The number of aliphatic hydroxyl groups is 1. The fourth-order valence-electron chi connectivity index (χ4n) is 4.42. The molecule has 2 rings (SSSR count). The summed E-state index contributed by atoms with van der Waals surface area (Å²) in [6, 6.07) is 0. The molecule has 0 bridgehead atoms. The number of rotatable bonds is 9. The number of carbonyl (C=O) groups excluding carboxylic acids is 1. The van der Waals surface area contributed by atoms with Crippen molar-refractivity contribution in [3.63, 3.8) is 0 Å². The second kappa shape index (κ2) is 10.2. The van der Waals surface area contributed by atoms with Crippen LogP contribution in [0.3, 0.4) is 0 Å². The van der Waals surface area contributed by atoms with E-state index in [1.54, 1.807) is 11.1 Å². The van der Waals surface area contributed by atoms with Crippen LogP contribution >= 0.6 is 0 Å². The fourth-order valence-corrected chi connectivity index (χ4v) is 4.42. The van der Waals surface area contributed by atoms with Crippen molar-refractivity contribution < 1.29 is 14.6 Å². The molecule has 0 amide bonds. The summed E-state index contributed by atoms with van der Waals surface area (Å²) in [5.74, 6) is -0.439. The van der Waals surface area contributed by atoms with Crippen LogP contribution in [-0.4, -0.2) is 17.4 Å². The van der Waals surface area contributed by atoms with Gasteiger partial charge in [0.25, 0.3) is 0 Å². The lowest BCUT2D eigenvalue weighted by molar-refractivity contribution is -0.151. The van der Waals surface area contributed by atoms with Crippen molar-refractivity contribution in [2.45, 2.75) is 98.7 Å². The fraction of sp³-hybridized carbons (Fsp3) is 0.640. The molecule has 0 unspecified atom stereocenters. The van der Waals surface area contributed by atoms with Gasteiger partial charge in [-0.05, 0) is 84.0 Å². The molecule has 0 aromatic heterocycles. The monoisotopic (exact) mass is 386 g/mol. The van der Waals surface area contributed by atoms with Gasteiger partial charge in [0.05, 0.1) is 0 Å². The van der Waals surface area contributed by atoms with Crippen LogP contribution in [-0.2, 0) is 9.53 Å². The van der Waals surface area contributed by atoms with Crippen molar-refractivity contribution in [3.8, 4) is 0 Å². The zero-order valence-electron chi connectivity index (χ0n) is 18.4. The lowest BCUT2D eigenvalue weighted by atomic mass is 9.71. The normalized spacial score (nSPS) is 23.1. The Labute approximate surface area is 171 Å². The summed E-state index contributed by atoms with van der Waals surface area (Å²) < 4.78 is 4.70. The van der Waals surface area contributed by atoms with Crippen LogP contribution in [0.1, 0.15) is 92.4 Å². The van der Waals surface area contributed by atoms with Crippen molar-refractivity contribution in [1.82, 2.24) is 0 Å². The van der Waals surface area contributed by atoms with E-state index in [1.165, 1.54) is 49.3 Å².